The van der Waals surface area contributed by atoms with E-state index in [4.69, 9.17) is 11.6 Å². The molecule has 118 valence electrons. The van der Waals surface area contributed by atoms with Gasteiger partial charge in [-0.2, -0.15) is 0 Å². The van der Waals surface area contributed by atoms with Gasteiger partial charge in [-0.15, -0.1) is 5.10 Å². The fraction of sp³-hybridized carbons (Fsp3) is 0.0667. The largest absolute Gasteiger partial charge is 0.224 e. The van der Waals surface area contributed by atoms with Crippen LogP contribution in [0.2, 0.25) is 5.02 Å². The van der Waals surface area contributed by atoms with E-state index < -0.39 is 15.7 Å². The molecule has 0 radical (unpaired) electrons. The lowest BCUT2D eigenvalue weighted by molar-refractivity contribution is 0.601. The molecule has 0 amide bonds. The fourth-order valence-electron chi connectivity index (χ4n) is 2.07. The molecule has 0 atom stereocenters. The first-order chi connectivity index (χ1) is 10.8. The molecule has 0 aliphatic rings. The highest BCUT2D eigenvalue weighted by Crippen LogP contribution is 2.24. The van der Waals surface area contributed by atoms with E-state index in [0.717, 1.165) is 6.26 Å². The highest BCUT2D eigenvalue weighted by molar-refractivity contribution is 7.90. The van der Waals surface area contributed by atoms with Gasteiger partial charge >= 0.3 is 0 Å². The number of hydrogen-bond donors (Lipinski definition) is 0. The molecular formula is C15H11ClFN3O2S. The Kier molecular flexibility index (Phi) is 3.91. The van der Waals surface area contributed by atoms with E-state index in [1.165, 1.54) is 35.1 Å². The maximum atomic E-state index is 13.9. The van der Waals surface area contributed by atoms with Crippen molar-refractivity contribution < 1.29 is 12.8 Å². The van der Waals surface area contributed by atoms with Crippen molar-refractivity contribution in [3.8, 4) is 16.9 Å². The molecule has 0 unspecified atom stereocenters. The van der Waals surface area contributed by atoms with Crippen LogP contribution in [0.5, 0.6) is 0 Å². The van der Waals surface area contributed by atoms with Crippen LogP contribution in [0.15, 0.2) is 53.6 Å². The quantitative estimate of drug-likeness (QED) is 0.727. The van der Waals surface area contributed by atoms with Gasteiger partial charge in [-0.05, 0) is 36.4 Å². The molecule has 1 heterocycles. The molecule has 5 nitrogen and oxygen atoms in total. The summed E-state index contributed by atoms with van der Waals surface area (Å²) in [5.74, 6) is -0.505. The van der Waals surface area contributed by atoms with Crippen molar-refractivity contribution in [3.63, 3.8) is 0 Å². The Hall–Kier alpha value is -2.25. The van der Waals surface area contributed by atoms with Gasteiger partial charge in [0.15, 0.2) is 9.84 Å². The maximum absolute atomic E-state index is 13.9. The summed E-state index contributed by atoms with van der Waals surface area (Å²) in [7, 11) is -3.33. The zero-order chi connectivity index (χ0) is 16.6. The number of sulfone groups is 1. The van der Waals surface area contributed by atoms with Gasteiger partial charge in [-0.3, -0.25) is 0 Å². The molecule has 0 saturated heterocycles. The summed E-state index contributed by atoms with van der Waals surface area (Å²) < 4.78 is 38.5. The van der Waals surface area contributed by atoms with E-state index in [1.54, 1.807) is 18.2 Å². The average molecular weight is 352 g/mol. The molecule has 0 fully saturated rings. The molecule has 23 heavy (non-hydrogen) atoms. The van der Waals surface area contributed by atoms with E-state index in [1.807, 2.05) is 0 Å². The summed E-state index contributed by atoms with van der Waals surface area (Å²) in [6, 6.07) is 10.5. The van der Waals surface area contributed by atoms with Crippen molar-refractivity contribution in [3.05, 3.63) is 59.5 Å². The first-order valence-corrected chi connectivity index (χ1v) is 8.80. The Morgan fingerprint density at radius 3 is 2.65 bits per heavy atom. The van der Waals surface area contributed by atoms with Crippen molar-refractivity contribution in [1.29, 1.82) is 0 Å². The van der Waals surface area contributed by atoms with E-state index in [0.29, 0.717) is 16.4 Å². The Morgan fingerprint density at radius 1 is 1.17 bits per heavy atom. The highest BCUT2D eigenvalue weighted by atomic mass is 35.5. The SMILES string of the molecule is CS(=O)(=O)c1cccc(-n2cc(-c3ccc(Cl)cc3F)nn2)c1. The first-order valence-electron chi connectivity index (χ1n) is 6.53. The highest BCUT2D eigenvalue weighted by Gasteiger charge is 2.12. The molecule has 8 heteroatoms. The molecule has 2 aromatic carbocycles. The lowest BCUT2D eigenvalue weighted by atomic mass is 10.1. The number of benzene rings is 2. The molecule has 1 aromatic heterocycles. The van der Waals surface area contributed by atoms with Gasteiger partial charge in [-0.1, -0.05) is 22.9 Å². The Balaban J connectivity index is 2.03. The molecule has 3 aromatic rings. The van der Waals surface area contributed by atoms with Gasteiger partial charge in [0.05, 0.1) is 16.8 Å². The minimum Gasteiger partial charge on any atom is -0.224 e. The average Bonchev–Trinajstić information content (AvgIpc) is 2.96. The number of halogens is 2. The van der Waals surface area contributed by atoms with E-state index in [-0.39, 0.29) is 10.5 Å². The van der Waals surface area contributed by atoms with Crippen molar-refractivity contribution in [2.75, 3.05) is 6.26 Å². The minimum atomic E-state index is -3.33. The van der Waals surface area contributed by atoms with Crippen LogP contribution in [-0.2, 0) is 9.84 Å². The van der Waals surface area contributed by atoms with Crippen molar-refractivity contribution in [1.82, 2.24) is 15.0 Å². The molecule has 0 saturated carbocycles. The second-order valence-electron chi connectivity index (χ2n) is 4.94. The first kappa shape index (κ1) is 15.6. The van der Waals surface area contributed by atoms with Crippen LogP contribution in [0.1, 0.15) is 0 Å². The Bertz CT molecular complexity index is 986. The zero-order valence-electron chi connectivity index (χ0n) is 11.9. The van der Waals surface area contributed by atoms with Gasteiger partial charge in [0.25, 0.3) is 0 Å². The zero-order valence-corrected chi connectivity index (χ0v) is 13.5. The predicted molar refractivity (Wildman–Crippen MR) is 84.9 cm³/mol. The van der Waals surface area contributed by atoms with Gasteiger partial charge in [0.2, 0.25) is 0 Å². The molecule has 0 aliphatic carbocycles. The second-order valence-corrected chi connectivity index (χ2v) is 7.39. The van der Waals surface area contributed by atoms with Crippen LogP contribution < -0.4 is 0 Å². The monoisotopic (exact) mass is 351 g/mol. The number of rotatable bonds is 3. The van der Waals surface area contributed by atoms with Crippen LogP contribution >= 0.6 is 11.6 Å². The van der Waals surface area contributed by atoms with Gasteiger partial charge < -0.3 is 0 Å². The van der Waals surface area contributed by atoms with Gasteiger partial charge in [0.1, 0.15) is 11.5 Å². The van der Waals surface area contributed by atoms with E-state index >= 15 is 0 Å². The smallest absolute Gasteiger partial charge is 0.175 e. The topological polar surface area (TPSA) is 64.8 Å². The number of nitrogens with zero attached hydrogens (tertiary/aromatic N) is 3. The summed E-state index contributed by atoms with van der Waals surface area (Å²) in [6.45, 7) is 0. The van der Waals surface area contributed by atoms with Crippen molar-refractivity contribution >= 4 is 21.4 Å². The fourth-order valence-corrected chi connectivity index (χ4v) is 2.89. The second kappa shape index (κ2) is 5.75. The molecule has 0 spiro atoms. The molecule has 0 aliphatic heterocycles. The third kappa shape index (κ3) is 3.25. The molecule has 0 N–H and O–H groups in total. The van der Waals surface area contributed by atoms with Crippen LogP contribution in [0, 0.1) is 5.82 Å². The molecule has 3 rings (SSSR count). The van der Waals surface area contributed by atoms with E-state index in [2.05, 4.69) is 10.3 Å². The Morgan fingerprint density at radius 2 is 1.96 bits per heavy atom. The van der Waals surface area contributed by atoms with Crippen molar-refractivity contribution in [2.45, 2.75) is 4.90 Å². The normalized spacial score (nSPS) is 11.6. The third-order valence-electron chi connectivity index (χ3n) is 3.21. The number of aromatic nitrogens is 3. The summed E-state index contributed by atoms with van der Waals surface area (Å²) in [5.41, 5.74) is 1.10. The maximum Gasteiger partial charge on any atom is 0.175 e. The van der Waals surface area contributed by atoms with E-state index in [9.17, 15) is 12.8 Å². The van der Waals surface area contributed by atoms with Crippen LogP contribution in [0.3, 0.4) is 0 Å². The summed E-state index contributed by atoms with van der Waals surface area (Å²) in [5, 5.41) is 8.14. The molecule has 0 bridgehead atoms. The molecular weight excluding hydrogens is 341 g/mol. The van der Waals surface area contributed by atoms with Crippen molar-refractivity contribution in [2.24, 2.45) is 0 Å². The van der Waals surface area contributed by atoms with Crippen LogP contribution in [0.25, 0.3) is 16.9 Å². The number of hydrogen-bond acceptors (Lipinski definition) is 4. The minimum absolute atomic E-state index is 0.171. The Labute approximate surface area is 137 Å². The van der Waals surface area contributed by atoms with Crippen LogP contribution in [-0.4, -0.2) is 29.7 Å². The summed E-state index contributed by atoms with van der Waals surface area (Å²) in [6.07, 6.45) is 2.65. The lowest BCUT2D eigenvalue weighted by Gasteiger charge is -2.03. The third-order valence-corrected chi connectivity index (χ3v) is 4.56. The van der Waals surface area contributed by atoms with Gasteiger partial charge in [-0.25, -0.2) is 17.5 Å². The standard InChI is InChI=1S/C15H11ClFN3O2S/c1-23(21,22)12-4-2-3-11(8-12)20-9-15(18-19-20)13-6-5-10(16)7-14(13)17/h2-9H,1H3. The summed E-state index contributed by atoms with van der Waals surface area (Å²) in [4.78, 5) is 0.171. The lowest BCUT2D eigenvalue weighted by Crippen LogP contribution is -2.00. The predicted octanol–water partition coefficient (Wildman–Crippen LogP) is 3.13. The van der Waals surface area contributed by atoms with Crippen LogP contribution in [0.4, 0.5) is 4.39 Å². The van der Waals surface area contributed by atoms with Gasteiger partial charge in [0, 0.05) is 16.8 Å². The summed E-state index contributed by atoms with van der Waals surface area (Å²) >= 11 is 5.73.